The normalized spacial score (nSPS) is 12.1. The van der Waals surface area contributed by atoms with Crippen LogP contribution in [0, 0.1) is 10.1 Å². The van der Waals surface area contributed by atoms with E-state index < -0.39 is 0 Å². The summed E-state index contributed by atoms with van der Waals surface area (Å²) in [6.07, 6.45) is 4.00. The average molecular weight is 383 g/mol. The van der Waals surface area contributed by atoms with Crippen molar-refractivity contribution in [3.8, 4) is 0 Å². The van der Waals surface area contributed by atoms with E-state index in [1.54, 1.807) is 12.1 Å². The minimum Gasteiger partial charge on any atom is -0.378 e. The number of non-ortho nitro benzene ring substituents is 1. The molecule has 28 heavy (non-hydrogen) atoms. The highest BCUT2D eigenvalue weighted by atomic mass is 16.6. The third-order valence-corrected chi connectivity index (χ3v) is 6.90. The van der Waals surface area contributed by atoms with E-state index in [1.165, 1.54) is 16.8 Å². The van der Waals surface area contributed by atoms with Gasteiger partial charge in [-0.25, -0.2) is 0 Å². The van der Waals surface area contributed by atoms with Crippen molar-refractivity contribution in [1.82, 2.24) is 0 Å². The Morgan fingerprint density at radius 1 is 0.750 bits per heavy atom. The fourth-order valence-electron chi connectivity index (χ4n) is 5.20. The van der Waals surface area contributed by atoms with Gasteiger partial charge in [0.15, 0.2) is 0 Å². The van der Waals surface area contributed by atoms with E-state index in [2.05, 4.69) is 71.0 Å². The Bertz CT molecular complexity index is 771. The second-order valence-electron chi connectivity index (χ2n) is 7.82. The molecule has 2 aromatic rings. The minimum atomic E-state index is -0.323. The van der Waals surface area contributed by atoms with Crippen molar-refractivity contribution in [3.05, 3.63) is 69.8 Å². The number of benzene rings is 2. The maximum Gasteiger partial charge on any atom is 0.269 e. The van der Waals surface area contributed by atoms with Gasteiger partial charge in [0, 0.05) is 42.7 Å². The van der Waals surface area contributed by atoms with Crippen molar-refractivity contribution in [2.24, 2.45) is 0 Å². The first-order valence-electron chi connectivity index (χ1n) is 10.3. The van der Waals surface area contributed by atoms with Gasteiger partial charge >= 0.3 is 0 Å². The van der Waals surface area contributed by atoms with E-state index in [0.29, 0.717) is 0 Å². The van der Waals surface area contributed by atoms with Gasteiger partial charge in [0.05, 0.1) is 4.92 Å². The van der Waals surface area contributed by atoms with E-state index in [9.17, 15) is 10.1 Å². The van der Waals surface area contributed by atoms with E-state index in [4.69, 9.17) is 0 Å². The molecule has 0 saturated carbocycles. The summed E-state index contributed by atoms with van der Waals surface area (Å²) < 4.78 is 0. The van der Waals surface area contributed by atoms with Crippen LogP contribution in [0.15, 0.2) is 48.5 Å². The molecule has 0 amide bonds. The van der Waals surface area contributed by atoms with Gasteiger partial charge in [0.2, 0.25) is 0 Å². The molecule has 0 aliphatic heterocycles. The first kappa shape index (κ1) is 21.9. The third-order valence-electron chi connectivity index (χ3n) is 6.90. The van der Waals surface area contributed by atoms with Gasteiger partial charge in [0.25, 0.3) is 5.69 Å². The van der Waals surface area contributed by atoms with Crippen molar-refractivity contribution >= 4 is 11.4 Å². The lowest BCUT2D eigenvalue weighted by molar-refractivity contribution is -0.384. The van der Waals surface area contributed by atoms with Gasteiger partial charge in [-0.15, -0.1) is 0 Å². The number of hydrogen-bond acceptors (Lipinski definition) is 3. The van der Waals surface area contributed by atoms with E-state index >= 15 is 0 Å². The van der Waals surface area contributed by atoms with Gasteiger partial charge < -0.3 is 4.90 Å². The highest BCUT2D eigenvalue weighted by Gasteiger charge is 2.48. The van der Waals surface area contributed by atoms with E-state index in [-0.39, 0.29) is 21.4 Å². The number of hydrogen-bond donors (Lipinski definition) is 0. The van der Waals surface area contributed by atoms with Crippen LogP contribution in [-0.4, -0.2) is 19.0 Å². The lowest BCUT2D eigenvalue weighted by atomic mass is 9.52. The molecular weight excluding hydrogens is 348 g/mol. The molecule has 0 aliphatic rings. The van der Waals surface area contributed by atoms with Crippen LogP contribution in [-0.2, 0) is 10.8 Å². The van der Waals surface area contributed by atoms with Gasteiger partial charge in [-0.2, -0.15) is 0 Å². The monoisotopic (exact) mass is 382 g/mol. The standard InChI is InChI=1S/C24H34N2O2/c1-7-23(8-2,19-11-15-21(16-12-19)25(5)6)24(9-3,10-4)20-13-17-22(18-14-20)26(27)28/h11-18H,7-10H2,1-6H3. The molecule has 2 aromatic carbocycles. The Labute approximate surface area is 169 Å². The molecule has 4 nitrogen and oxygen atoms in total. The fraction of sp³-hybridized carbons (Fsp3) is 0.500. The molecule has 0 fully saturated rings. The molecule has 152 valence electrons. The van der Waals surface area contributed by atoms with Crippen molar-refractivity contribution in [2.45, 2.75) is 64.2 Å². The van der Waals surface area contributed by atoms with Crippen LogP contribution < -0.4 is 4.90 Å². The summed E-state index contributed by atoms with van der Waals surface area (Å²) in [5.74, 6) is 0. The average Bonchev–Trinajstić information content (AvgIpc) is 2.72. The second kappa shape index (κ2) is 8.76. The SMILES string of the molecule is CCC(CC)(c1ccc(N(C)C)cc1)C(CC)(CC)c1ccc([N+](=O)[O-])cc1. The van der Waals surface area contributed by atoms with Gasteiger partial charge in [-0.05, 0) is 48.9 Å². The molecule has 2 rings (SSSR count). The molecule has 0 aliphatic carbocycles. The minimum absolute atomic E-state index is 0.0303. The van der Waals surface area contributed by atoms with Crippen molar-refractivity contribution in [2.75, 3.05) is 19.0 Å². The summed E-state index contributed by atoms with van der Waals surface area (Å²) in [4.78, 5) is 12.9. The number of nitro benzene ring substituents is 1. The summed E-state index contributed by atoms with van der Waals surface area (Å²) in [6.45, 7) is 9.04. The fourth-order valence-corrected chi connectivity index (χ4v) is 5.20. The maximum atomic E-state index is 11.1. The predicted molar refractivity (Wildman–Crippen MR) is 118 cm³/mol. The van der Waals surface area contributed by atoms with Gasteiger partial charge in [-0.1, -0.05) is 52.0 Å². The molecule has 0 unspecified atom stereocenters. The molecule has 4 heteroatoms. The number of anilines is 1. The largest absolute Gasteiger partial charge is 0.378 e. The summed E-state index contributed by atoms with van der Waals surface area (Å²) >= 11 is 0. The van der Waals surface area contributed by atoms with Crippen molar-refractivity contribution < 1.29 is 4.92 Å². The topological polar surface area (TPSA) is 46.4 Å². The zero-order chi connectivity index (χ0) is 20.9. The van der Waals surface area contributed by atoms with E-state index in [0.717, 1.165) is 25.7 Å². The summed E-state index contributed by atoms with van der Waals surface area (Å²) in [6, 6.07) is 16.2. The summed E-state index contributed by atoms with van der Waals surface area (Å²) in [5, 5.41) is 11.1. The number of nitrogens with zero attached hydrogens (tertiary/aromatic N) is 2. The molecule has 0 spiro atoms. The van der Waals surface area contributed by atoms with Crippen LogP contribution in [0.5, 0.6) is 0 Å². The Balaban J connectivity index is 2.67. The molecule has 0 radical (unpaired) electrons. The Morgan fingerprint density at radius 2 is 1.11 bits per heavy atom. The molecule has 0 heterocycles. The maximum absolute atomic E-state index is 11.1. The summed E-state index contributed by atoms with van der Waals surface area (Å²) in [7, 11) is 4.11. The molecule has 0 bridgehead atoms. The first-order chi connectivity index (χ1) is 13.3. The van der Waals surface area contributed by atoms with Crippen LogP contribution in [0.3, 0.4) is 0 Å². The molecular formula is C24H34N2O2. The molecule has 0 aromatic heterocycles. The smallest absolute Gasteiger partial charge is 0.269 e. The van der Waals surface area contributed by atoms with Crippen LogP contribution in [0.1, 0.15) is 64.5 Å². The second-order valence-corrected chi connectivity index (χ2v) is 7.82. The predicted octanol–water partition coefficient (Wildman–Crippen LogP) is 6.48. The van der Waals surface area contributed by atoms with Crippen molar-refractivity contribution in [1.29, 1.82) is 0 Å². The van der Waals surface area contributed by atoms with Crippen LogP contribution in [0.25, 0.3) is 0 Å². The van der Waals surface area contributed by atoms with Crippen LogP contribution in [0.4, 0.5) is 11.4 Å². The zero-order valence-corrected chi connectivity index (χ0v) is 18.2. The van der Waals surface area contributed by atoms with Crippen LogP contribution >= 0.6 is 0 Å². The van der Waals surface area contributed by atoms with Crippen LogP contribution in [0.2, 0.25) is 0 Å². The van der Waals surface area contributed by atoms with Crippen molar-refractivity contribution in [3.63, 3.8) is 0 Å². The number of rotatable bonds is 9. The first-order valence-corrected chi connectivity index (χ1v) is 10.3. The summed E-state index contributed by atoms with van der Waals surface area (Å²) in [5.41, 5.74) is 3.79. The Morgan fingerprint density at radius 3 is 1.39 bits per heavy atom. The van der Waals surface area contributed by atoms with E-state index in [1.807, 2.05) is 12.1 Å². The molecule has 0 atom stereocenters. The number of nitro groups is 1. The highest BCUT2D eigenvalue weighted by Crippen LogP contribution is 2.53. The van der Waals surface area contributed by atoms with Gasteiger partial charge in [0.1, 0.15) is 0 Å². The Hall–Kier alpha value is -2.36. The Kier molecular flexibility index (Phi) is 6.87. The third kappa shape index (κ3) is 3.52. The molecule has 0 N–H and O–H groups in total. The van der Waals surface area contributed by atoms with Gasteiger partial charge in [-0.3, -0.25) is 10.1 Å². The lowest BCUT2D eigenvalue weighted by Gasteiger charge is -2.51. The lowest BCUT2D eigenvalue weighted by Crippen LogP contribution is -2.48. The quantitative estimate of drug-likeness (QED) is 0.368. The zero-order valence-electron chi connectivity index (χ0n) is 18.2. The molecule has 0 saturated heterocycles. The highest BCUT2D eigenvalue weighted by molar-refractivity contribution is 5.49.